The molecule has 2 heteroatoms. The molecular formula is C9H20N2. The predicted molar refractivity (Wildman–Crippen MR) is 50.3 cm³/mol. The highest BCUT2D eigenvalue weighted by atomic mass is 15.3. The molecule has 0 rings (SSSR count). The second-order valence-electron chi connectivity index (χ2n) is 2.96. The van der Waals surface area contributed by atoms with Crippen LogP contribution >= 0.6 is 0 Å². The summed E-state index contributed by atoms with van der Waals surface area (Å²) in [5.41, 5.74) is 7.54. The SMILES string of the molecule is CCC=C(C)CC(C)NNC. The monoisotopic (exact) mass is 156 g/mol. The largest absolute Gasteiger partial charge is 0.261 e. The Balaban J connectivity index is 3.56. The van der Waals surface area contributed by atoms with Crippen LogP contribution in [0.1, 0.15) is 33.6 Å². The van der Waals surface area contributed by atoms with Gasteiger partial charge < -0.3 is 0 Å². The van der Waals surface area contributed by atoms with Crippen LogP contribution in [0, 0.1) is 0 Å². The second-order valence-corrected chi connectivity index (χ2v) is 2.96. The fourth-order valence-corrected chi connectivity index (χ4v) is 1.21. The molecule has 0 aliphatic carbocycles. The highest BCUT2D eigenvalue weighted by molar-refractivity contribution is 4.99. The molecule has 2 nitrogen and oxygen atoms in total. The third-order valence-corrected chi connectivity index (χ3v) is 1.57. The number of rotatable bonds is 5. The van der Waals surface area contributed by atoms with Gasteiger partial charge in [0.25, 0.3) is 0 Å². The summed E-state index contributed by atoms with van der Waals surface area (Å²) in [6.07, 6.45) is 4.53. The van der Waals surface area contributed by atoms with Gasteiger partial charge in [0, 0.05) is 6.04 Å². The Bertz CT molecular complexity index is 119. The number of hydrazine groups is 1. The average molecular weight is 156 g/mol. The summed E-state index contributed by atoms with van der Waals surface area (Å²) in [6.45, 7) is 6.51. The molecule has 0 radical (unpaired) electrons. The van der Waals surface area contributed by atoms with Gasteiger partial charge >= 0.3 is 0 Å². The van der Waals surface area contributed by atoms with Crippen molar-refractivity contribution < 1.29 is 0 Å². The molecule has 0 bridgehead atoms. The first kappa shape index (κ1) is 10.7. The lowest BCUT2D eigenvalue weighted by molar-refractivity contribution is 0.484. The van der Waals surface area contributed by atoms with Gasteiger partial charge in [-0.15, -0.1) is 0 Å². The Morgan fingerprint density at radius 2 is 2.18 bits per heavy atom. The summed E-state index contributed by atoms with van der Waals surface area (Å²) >= 11 is 0. The Labute approximate surface area is 70.0 Å². The quantitative estimate of drug-likeness (QED) is 0.469. The minimum Gasteiger partial charge on any atom is -0.261 e. The van der Waals surface area contributed by atoms with Gasteiger partial charge in [0.15, 0.2) is 0 Å². The Kier molecular flexibility index (Phi) is 6.18. The van der Waals surface area contributed by atoms with E-state index in [1.54, 1.807) is 0 Å². The van der Waals surface area contributed by atoms with E-state index in [0.717, 1.165) is 12.8 Å². The van der Waals surface area contributed by atoms with E-state index in [4.69, 9.17) is 0 Å². The van der Waals surface area contributed by atoms with Crippen LogP contribution in [-0.2, 0) is 0 Å². The standard InChI is InChI=1S/C9H20N2/c1-5-6-8(2)7-9(3)11-10-4/h6,9-11H,5,7H2,1-4H3. The zero-order chi connectivity index (χ0) is 8.69. The van der Waals surface area contributed by atoms with Gasteiger partial charge in [-0.1, -0.05) is 18.6 Å². The fourth-order valence-electron chi connectivity index (χ4n) is 1.21. The molecule has 11 heavy (non-hydrogen) atoms. The summed E-state index contributed by atoms with van der Waals surface area (Å²) in [4.78, 5) is 0. The van der Waals surface area contributed by atoms with E-state index in [2.05, 4.69) is 37.7 Å². The molecule has 0 amide bonds. The average Bonchev–Trinajstić information content (AvgIpc) is 1.87. The van der Waals surface area contributed by atoms with Crippen LogP contribution in [0.15, 0.2) is 11.6 Å². The van der Waals surface area contributed by atoms with Crippen molar-refractivity contribution >= 4 is 0 Å². The molecule has 66 valence electrons. The van der Waals surface area contributed by atoms with Crippen molar-refractivity contribution in [3.8, 4) is 0 Å². The van der Waals surface area contributed by atoms with Crippen molar-refractivity contribution in [1.82, 2.24) is 10.9 Å². The minimum atomic E-state index is 0.516. The van der Waals surface area contributed by atoms with Crippen LogP contribution in [-0.4, -0.2) is 13.1 Å². The zero-order valence-electron chi connectivity index (χ0n) is 8.07. The van der Waals surface area contributed by atoms with E-state index in [0.29, 0.717) is 6.04 Å². The first-order chi connectivity index (χ1) is 5.20. The van der Waals surface area contributed by atoms with E-state index >= 15 is 0 Å². The van der Waals surface area contributed by atoms with E-state index in [-0.39, 0.29) is 0 Å². The maximum Gasteiger partial charge on any atom is 0.0221 e. The number of allylic oxidation sites excluding steroid dienone is 1. The smallest absolute Gasteiger partial charge is 0.0221 e. The van der Waals surface area contributed by atoms with Crippen molar-refractivity contribution in [2.45, 2.75) is 39.7 Å². The minimum absolute atomic E-state index is 0.516. The lowest BCUT2D eigenvalue weighted by Gasteiger charge is -2.12. The first-order valence-electron chi connectivity index (χ1n) is 4.28. The lowest BCUT2D eigenvalue weighted by Crippen LogP contribution is -2.36. The summed E-state index contributed by atoms with van der Waals surface area (Å²) in [5.74, 6) is 0. The first-order valence-corrected chi connectivity index (χ1v) is 4.28. The zero-order valence-corrected chi connectivity index (χ0v) is 8.07. The van der Waals surface area contributed by atoms with Crippen LogP contribution < -0.4 is 10.9 Å². The fraction of sp³-hybridized carbons (Fsp3) is 0.778. The van der Waals surface area contributed by atoms with Crippen molar-refractivity contribution in [3.63, 3.8) is 0 Å². The predicted octanol–water partition coefficient (Wildman–Crippen LogP) is 1.85. The Morgan fingerprint density at radius 3 is 2.64 bits per heavy atom. The summed E-state index contributed by atoms with van der Waals surface area (Å²) in [5, 5.41) is 0. The van der Waals surface area contributed by atoms with Crippen LogP contribution in [0.2, 0.25) is 0 Å². The molecule has 0 spiro atoms. The van der Waals surface area contributed by atoms with Gasteiger partial charge in [-0.25, -0.2) is 0 Å². The molecule has 0 aromatic heterocycles. The molecule has 0 aliphatic rings. The summed E-state index contributed by atoms with van der Waals surface area (Å²) < 4.78 is 0. The number of nitrogens with one attached hydrogen (secondary N) is 2. The normalized spacial score (nSPS) is 15.1. The molecule has 1 unspecified atom stereocenters. The van der Waals surface area contributed by atoms with Gasteiger partial charge in [0.2, 0.25) is 0 Å². The van der Waals surface area contributed by atoms with Crippen molar-refractivity contribution in [2.75, 3.05) is 7.05 Å². The molecule has 2 N–H and O–H groups in total. The van der Waals surface area contributed by atoms with E-state index in [1.165, 1.54) is 5.57 Å². The van der Waals surface area contributed by atoms with Gasteiger partial charge in [0.1, 0.15) is 0 Å². The Morgan fingerprint density at radius 1 is 1.55 bits per heavy atom. The molecule has 1 atom stereocenters. The van der Waals surface area contributed by atoms with Crippen LogP contribution in [0.4, 0.5) is 0 Å². The molecule has 0 fully saturated rings. The number of hydrogen-bond acceptors (Lipinski definition) is 2. The van der Waals surface area contributed by atoms with E-state index < -0.39 is 0 Å². The molecule has 0 heterocycles. The van der Waals surface area contributed by atoms with Crippen LogP contribution in [0.5, 0.6) is 0 Å². The van der Waals surface area contributed by atoms with Gasteiger partial charge in [-0.2, -0.15) is 0 Å². The van der Waals surface area contributed by atoms with Gasteiger partial charge in [0.05, 0.1) is 0 Å². The van der Waals surface area contributed by atoms with Gasteiger partial charge in [-0.05, 0) is 33.7 Å². The molecule has 0 saturated heterocycles. The summed E-state index contributed by atoms with van der Waals surface area (Å²) in [6, 6.07) is 0.516. The Hall–Kier alpha value is -0.340. The van der Waals surface area contributed by atoms with Crippen LogP contribution in [0.25, 0.3) is 0 Å². The summed E-state index contributed by atoms with van der Waals surface area (Å²) in [7, 11) is 1.90. The van der Waals surface area contributed by atoms with Crippen LogP contribution in [0.3, 0.4) is 0 Å². The molecule has 0 saturated carbocycles. The second kappa shape index (κ2) is 6.38. The highest BCUT2D eigenvalue weighted by Crippen LogP contribution is 2.04. The molecule has 0 aromatic carbocycles. The topological polar surface area (TPSA) is 24.1 Å². The maximum atomic E-state index is 3.14. The third kappa shape index (κ3) is 6.07. The number of hydrogen-bond donors (Lipinski definition) is 2. The van der Waals surface area contributed by atoms with E-state index in [9.17, 15) is 0 Å². The maximum absolute atomic E-state index is 3.14. The van der Waals surface area contributed by atoms with Crippen molar-refractivity contribution in [1.29, 1.82) is 0 Å². The van der Waals surface area contributed by atoms with Gasteiger partial charge in [-0.3, -0.25) is 10.9 Å². The molecular weight excluding hydrogens is 136 g/mol. The molecule has 0 aliphatic heterocycles. The van der Waals surface area contributed by atoms with Crippen molar-refractivity contribution in [2.24, 2.45) is 0 Å². The van der Waals surface area contributed by atoms with E-state index in [1.807, 2.05) is 7.05 Å². The van der Waals surface area contributed by atoms with Crippen molar-refractivity contribution in [3.05, 3.63) is 11.6 Å². The third-order valence-electron chi connectivity index (χ3n) is 1.57. The highest BCUT2D eigenvalue weighted by Gasteiger charge is 1.98. The lowest BCUT2D eigenvalue weighted by atomic mass is 10.1. The molecule has 0 aromatic rings.